The molecule has 2 atom stereocenters. The summed E-state index contributed by atoms with van der Waals surface area (Å²) >= 11 is 0.187. The van der Waals surface area contributed by atoms with Gasteiger partial charge in [-0.2, -0.15) is 30.6 Å². The minimum absolute atomic E-state index is 0.187. The van der Waals surface area contributed by atoms with Gasteiger partial charge in [0.2, 0.25) is 0 Å². The Morgan fingerprint density at radius 3 is 1.88 bits per heavy atom. The van der Waals surface area contributed by atoms with E-state index in [1.165, 1.54) is 11.8 Å². The van der Waals surface area contributed by atoms with Crippen molar-refractivity contribution in [2.75, 3.05) is 24.5 Å². The first kappa shape index (κ1) is 39.4. The molecule has 3 aromatic carbocycles. The standard InChI is InChI=1S/C35H36F7N3O4S2Si/c1-23-22-44(28-16-15-24(36)21-27(28)34(37,38)39)19-20-45(23)51(47,48)30-18-17-29(50-30)33(31(43)46,35(40,41)42)49-52(32(2,3)4,25-11-7-5-8-12-25)26-13-9-6-10-14-26/h5-18,21,23H,19-20,22H2,1-4H3,(H2,43,46). The van der Waals surface area contributed by atoms with Crippen molar-refractivity contribution in [3.05, 3.63) is 107 Å². The van der Waals surface area contributed by atoms with Gasteiger partial charge < -0.3 is 15.1 Å². The summed E-state index contributed by atoms with van der Waals surface area (Å²) in [5.41, 5.74) is 0.317. The molecule has 2 unspecified atom stereocenters. The first-order chi connectivity index (χ1) is 24.1. The van der Waals surface area contributed by atoms with Gasteiger partial charge in [-0.15, -0.1) is 11.3 Å². The van der Waals surface area contributed by atoms with Crippen LogP contribution in [0.2, 0.25) is 5.04 Å². The van der Waals surface area contributed by atoms with Crippen LogP contribution in [0.1, 0.15) is 38.1 Å². The van der Waals surface area contributed by atoms with Crippen LogP contribution in [0.4, 0.5) is 36.4 Å². The van der Waals surface area contributed by atoms with E-state index in [9.17, 15) is 30.8 Å². The topological polar surface area (TPSA) is 92.9 Å². The molecule has 17 heteroatoms. The van der Waals surface area contributed by atoms with Gasteiger partial charge in [-0.1, -0.05) is 81.4 Å². The number of piperazine rings is 1. The van der Waals surface area contributed by atoms with E-state index in [0.717, 1.165) is 28.6 Å². The van der Waals surface area contributed by atoms with E-state index >= 15 is 13.2 Å². The molecule has 2 N–H and O–H groups in total. The molecular formula is C35H36F7N3O4S2Si. The molecule has 1 aromatic heterocycles. The van der Waals surface area contributed by atoms with Crippen molar-refractivity contribution >= 4 is 51.6 Å². The van der Waals surface area contributed by atoms with Crippen LogP contribution < -0.4 is 21.0 Å². The Hall–Kier alpha value is -3.77. The van der Waals surface area contributed by atoms with Crippen LogP contribution in [0.15, 0.2) is 95.2 Å². The number of carbonyl (C=O) groups excluding carboxylic acids is 1. The molecule has 52 heavy (non-hydrogen) atoms. The van der Waals surface area contributed by atoms with Gasteiger partial charge in [-0.25, -0.2) is 12.8 Å². The quantitative estimate of drug-likeness (QED) is 0.152. The van der Waals surface area contributed by atoms with Crippen LogP contribution in [-0.2, 0) is 31.0 Å². The van der Waals surface area contributed by atoms with E-state index in [1.807, 2.05) is 0 Å². The third-order valence-electron chi connectivity index (χ3n) is 9.13. The second kappa shape index (κ2) is 13.9. The maximum absolute atomic E-state index is 15.7. The molecule has 0 radical (unpaired) electrons. The number of alkyl halides is 6. The number of anilines is 1. The highest BCUT2D eigenvalue weighted by Crippen LogP contribution is 2.51. The van der Waals surface area contributed by atoms with Gasteiger partial charge in [0, 0.05) is 31.4 Å². The normalized spacial score (nSPS) is 17.9. The molecule has 0 saturated carbocycles. The predicted octanol–water partition coefficient (Wildman–Crippen LogP) is 6.62. The summed E-state index contributed by atoms with van der Waals surface area (Å²) in [6.07, 6.45) is -10.4. The number of primary amides is 1. The number of amides is 1. The second-order valence-corrected chi connectivity index (χ2v) is 20.9. The number of halogens is 7. The Morgan fingerprint density at radius 2 is 1.42 bits per heavy atom. The van der Waals surface area contributed by atoms with Crippen molar-refractivity contribution in [3.63, 3.8) is 0 Å². The van der Waals surface area contributed by atoms with E-state index in [1.54, 1.807) is 81.4 Å². The third kappa shape index (κ3) is 6.88. The molecule has 0 bridgehead atoms. The van der Waals surface area contributed by atoms with Crippen molar-refractivity contribution in [2.45, 2.75) is 60.9 Å². The van der Waals surface area contributed by atoms with Crippen molar-refractivity contribution in [1.29, 1.82) is 0 Å². The summed E-state index contributed by atoms with van der Waals surface area (Å²) in [7, 11) is -8.73. The Bertz CT molecular complexity index is 1980. The van der Waals surface area contributed by atoms with Gasteiger partial charge in [0.1, 0.15) is 10.0 Å². The number of hydrogen-bond donors (Lipinski definition) is 1. The number of benzene rings is 3. The number of nitrogens with two attached hydrogens (primary N) is 1. The minimum Gasteiger partial charge on any atom is -0.382 e. The Balaban J connectivity index is 1.58. The number of nitrogens with zero attached hydrogens (tertiary/aromatic N) is 2. The molecule has 5 rings (SSSR count). The Labute approximate surface area is 302 Å². The Kier molecular flexibility index (Phi) is 10.5. The first-order valence-corrected chi connectivity index (χ1v) is 20.2. The zero-order chi connectivity index (χ0) is 38.5. The average Bonchev–Trinajstić information content (AvgIpc) is 3.56. The van der Waals surface area contributed by atoms with Gasteiger partial charge >= 0.3 is 12.4 Å². The van der Waals surface area contributed by atoms with E-state index in [4.69, 9.17) is 10.2 Å². The Morgan fingerprint density at radius 1 is 0.865 bits per heavy atom. The van der Waals surface area contributed by atoms with Crippen LogP contribution in [0.3, 0.4) is 0 Å². The highest BCUT2D eigenvalue weighted by molar-refractivity contribution is 7.91. The highest BCUT2D eigenvalue weighted by Gasteiger charge is 2.68. The molecular weight excluding hydrogens is 752 g/mol. The van der Waals surface area contributed by atoms with E-state index in [2.05, 4.69) is 0 Å². The number of carbonyl (C=O) groups is 1. The molecule has 7 nitrogen and oxygen atoms in total. The summed E-state index contributed by atoms with van der Waals surface area (Å²) in [6.45, 7) is 5.73. The monoisotopic (exact) mass is 787 g/mol. The minimum atomic E-state index is -5.47. The fraction of sp³-hybridized carbons (Fsp3) is 0.343. The van der Waals surface area contributed by atoms with Crippen LogP contribution in [-0.4, -0.2) is 58.8 Å². The number of thiophene rings is 1. The molecule has 4 aromatic rings. The predicted molar refractivity (Wildman–Crippen MR) is 187 cm³/mol. The molecule has 280 valence electrons. The maximum atomic E-state index is 15.7. The molecule has 2 heterocycles. The number of sulfonamides is 1. The molecule has 1 saturated heterocycles. The lowest BCUT2D eigenvalue weighted by Gasteiger charge is -2.48. The highest BCUT2D eigenvalue weighted by atomic mass is 32.2. The lowest BCUT2D eigenvalue weighted by atomic mass is 10.0. The summed E-state index contributed by atoms with van der Waals surface area (Å²) < 4.78 is 137. The number of rotatable bonds is 9. The van der Waals surface area contributed by atoms with Gasteiger partial charge in [0.15, 0.2) is 0 Å². The SMILES string of the molecule is CC1CN(c2ccc(F)cc2C(F)(F)F)CCN1S(=O)(=O)c1ccc(C(O[Si](c2ccccc2)(c2ccccc2)C(C)(C)C)(C(N)=O)C(F)(F)F)s1. The van der Waals surface area contributed by atoms with E-state index in [-0.39, 0.29) is 36.7 Å². The van der Waals surface area contributed by atoms with Crippen LogP contribution >= 0.6 is 11.3 Å². The average molecular weight is 788 g/mol. The number of hydrogen-bond acceptors (Lipinski definition) is 6. The van der Waals surface area contributed by atoms with Crippen LogP contribution in [0.25, 0.3) is 0 Å². The van der Waals surface area contributed by atoms with E-state index in [0.29, 0.717) is 16.4 Å². The first-order valence-electron chi connectivity index (χ1n) is 16.0. The molecule has 1 aliphatic rings. The second-order valence-electron chi connectivity index (χ2n) is 13.5. The molecule has 1 fully saturated rings. The van der Waals surface area contributed by atoms with Gasteiger partial charge in [0.05, 0.1) is 10.4 Å². The fourth-order valence-electron chi connectivity index (χ4n) is 6.73. The summed E-state index contributed by atoms with van der Waals surface area (Å²) in [5, 5.41) is -0.219. The largest absolute Gasteiger partial charge is 0.430 e. The lowest BCUT2D eigenvalue weighted by molar-refractivity contribution is -0.247. The van der Waals surface area contributed by atoms with Crippen molar-refractivity contribution in [2.24, 2.45) is 5.73 Å². The van der Waals surface area contributed by atoms with Crippen LogP contribution in [0.5, 0.6) is 0 Å². The van der Waals surface area contributed by atoms with E-state index < -0.39 is 73.7 Å². The summed E-state index contributed by atoms with van der Waals surface area (Å²) in [5.74, 6) is -2.98. The third-order valence-corrected chi connectivity index (χ3v) is 17.8. The van der Waals surface area contributed by atoms with Gasteiger partial charge in [-0.3, -0.25) is 4.79 Å². The summed E-state index contributed by atoms with van der Waals surface area (Å²) in [6, 6.07) is 19.5. The smallest absolute Gasteiger partial charge is 0.382 e. The van der Waals surface area contributed by atoms with Crippen molar-refractivity contribution in [1.82, 2.24) is 4.31 Å². The van der Waals surface area contributed by atoms with Gasteiger partial charge in [-0.05, 0) is 52.7 Å². The fourth-order valence-corrected chi connectivity index (χ4v) is 14.7. The maximum Gasteiger partial charge on any atom is 0.430 e. The molecule has 1 aliphatic heterocycles. The van der Waals surface area contributed by atoms with Crippen LogP contribution in [0, 0.1) is 5.82 Å². The molecule has 1 amide bonds. The molecule has 0 spiro atoms. The van der Waals surface area contributed by atoms with Crippen molar-refractivity contribution in [3.8, 4) is 0 Å². The van der Waals surface area contributed by atoms with Gasteiger partial charge in [0.25, 0.3) is 29.8 Å². The zero-order valence-corrected chi connectivity index (χ0v) is 31.1. The van der Waals surface area contributed by atoms with Crippen molar-refractivity contribution < 1.29 is 48.4 Å². The summed E-state index contributed by atoms with van der Waals surface area (Å²) in [4.78, 5) is 13.9. The lowest BCUT2D eigenvalue weighted by Crippen LogP contribution is -2.72. The zero-order valence-electron chi connectivity index (χ0n) is 28.4. The molecule has 0 aliphatic carbocycles.